The second kappa shape index (κ2) is 10.0. The molecule has 1 heteroatoms. The van der Waals surface area contributed by atoms with Gasteiger partial charge in [0.25, 0.3) is 0 Å². The summed E-state index contributed by atoms with van der Waals surface area (Å²) in [4.78, 5) is 0. The summed E-state index contributed by atoms with van der Waals surface area (Å²) in [6, 6.07) is 0. The highest BCUT2D eigenvalue weighted by Gasteiger charge is 1.78. The first kappa shape index (κ1) is 11.0. The maximum atomic E-state index is 5.08. The fourth-order valence-corrected chi connectivity index (χ4v) is 0.667. The van der Waals surface area contributed by atoms with Gasteiger partial charge in [0.15, 0.2) is 0 Å². The average molecular weight is 164 g/mol. The Kier molecular flexibility index (Phi) is 9.17. The van der Waals surface area contributed by atoms with Crippen molar-refractivity contribution in [3.63, 3.8) is 0 Å². The molecule has 0 spiro atoms. The molecule has 0 saturated heterocycles. The summed E-state index contributed by atoms with van der Waals surface area (Å²) in [7, 11) is 0. The van der Waals surface area contributed by atoms with Crippen LogP contribution in [0.3, 0.4) is 0 Å². The predicted molar refractivity (Wildman–Crippen MR) is 52.8 cm³/mol. The van der Waals surface area contributed by atoms with Crippen LogP contribution in [0.4, 0.5) is 0 Å². The molecule has 0 aromatic carbocycles. The van der Waals surface area contributed by atoms with Crippen LogP contribution >= 0.6 is 0 Å². The number of hydrogen-bond acceptors (Lipinski definition) is 1. The summed E-state index contributed by atoms with van der Waals surface area (Å²) in [6.45, 7) is 8.27. The maximum Gasteiger partial charge on any atom is 0.108 e. The zero-order valence-corrected chi connectivity index (χ0v) is 7.51. The van der Waals surface area contributed by atoms with Crippen molar-refractivity contribution >= 4 is 0 Å². The summed E-state index contributed by atoms with van der Waals surface area (Å²) in [6.07, 6.45) is 6.71. The number of ether oxygens (including phenoxy) is 1. The van der Waals surface area contributed by atoms with Gasteiger partial charge in [0.1, 0.15) is 6.61 Å². The van der Waals surface area contributed by atoms with E-state index in [0.29, 0.717) is 13.2 Å². The molecule has 0 aliphatic carbocycles. The minimum Gasteiger partial charge on any atom is -0.365 e. The second-order valence-electron chi connectivity index (χ2n) is 2.34. The van der Waals surface area contributed by atoms with Gasteiger partial charge in [0.2, 0.25) is 0 Å². The molecule has 0 bridgehead atoms. The van der Waals surface area contributed by atoms with E-state index in [1.165, 1.54) is 0 Å². The highest BCUT2D eigenvalue weighted by Crippen LogP contribution is 1.92. The van der Waals surface area contributed by atoms with E-state index in [2.05, 4.69) is 25.0 Å². The molecule has 0 unspecified atom stereocenters. The van der Waals surface area contributed by atoms with Crippen molar-refractivity contribution in [3.05, 3.63) is 25.3 Å². The van der Waals surface area contributed by atoms with Crippen LogP contribution in [0.2, 0.25) is 0 Å². The van der Waals surface area contributed by atoms with Gasteiger partial charge in [-0.1, -0.05) is 18.1 Å². The van der Waals surface area contributed by atoms with E-state index in [9.17, 15) is 0 Å². The minimum absolute atomic E-state index is 0.514. The lowest BCUT2D eigenvalue weighted by Gasteiger charge is -1.90. The van der Waals surface area contributed by atoms with Crippen LogP contribution in [0.25, 0.3) is 0 Å². The number of rotatable bonds is 6. The molecule has 0 aliphatic rings. The molecular formula is C11H16O. The van der Waals surface area contributed by atoms with Gasteiger partial charge in [0.05, 0.1) is 6.61 Å². The number of unbranched alkanes of at least 4 members (excludes halogenated alkanes) is 2. The summed E-state index contributed by atoms with van der Waals surface area (Å²) >= 11 is 0. The standard InChI is InChI=1S/C11H16O/c1-3-5-6-7-8-9-11-12-10-4-2/h3-4H,1-2,5-7,10-11H2. The smallest absolute Gasteiger partial charge is 0.108 e. The third kappa shape index (κ3) is 9.00. The third-order valence-corrected chi connectivity index (χ3v) is 1.24. The van der Waals surface area contributed by atoms with Crippen molar-refractivity contribution in [3.8, 4) is 11.8 Å². The van der Waals surface area contributed by atoms with Crippen molar-refractivity contribution in [2.24, 2.45) is 0 Å². The van der Waals surface area contributed by atoms with Crippen molar-refractivity contribution in [1.29, 1.82) is 0 Å². The first-order valence-corrected chi connectivity index (χ1v) is 4.17. The summed E-state index contributed by atoms with van der Waals surface area (Å²) in [5, 5.41) is 0. The average Bonchev–Trinajstić information content (AvgIpc) is 2.10. The molecule has 0 aliphatic heterocycles. The van der Waals surface area contributed by atoms with Crippen molar-refractivity contribution in [2.75, 3.05) is 13.2 Å². The molecule has 0 atom stereocenters. The van der Waals surface area contributed by atoms with E-state index >= 15 is 0 Å². The molecule has 0 aromatic rings. The third-order valence-electron chi connectivity index (χ3n) is 1.24. The van der Waals surface area contributed by atoms with E-state index < -0.39 is 0 Å². The molecular weight excluding hydrogens is 148 g/mol. The lowest BCUT2D eigenvalue weighted by atomic mass is 10.2. The largest absolute Gasteiger partial charge is 0.365 e. The van der Waals surface area contributed by atoms with Crippen LogP contribution in [0, 0.1) is 11.8 Å². The predicted octanol–water partition coefficient (Wildman–Crippen LogP) is 2.55. The summed E-state index contributed by atoms with van der Waals surface area (Å²) in [5.41, 5.74) is 0. The molecule has 0 saturated carbocycles. The highest BCUT2D eigenvalue weighted by atomic mass is 16.5. The Morgan fingerprint density at radius 3 is 2.67 bits per heavy atom. The van der Waals surface area contributed by atoms with E-state index in [1.54, 1.807) is 6.08 Å². The molecule has 0 heterocycles. The van der Waals surface area contributed by atoms with Gasteiger partial charge in [0, 0.05) is 6.42 Å². The Hall–Kier alpha value is -1.00. The van der Waals surface area contributed by atoms with Crippen molar-refractivity contribution in [1.82, 2.24) is 0 Å². The van der Waals surface area contributed by atoms with Gasteiger partial charge in [-0.15, -0.1) is 19.1 Å². The molecule has 0 N–H and O–H groups in total. The Labute approximate surface area is 75.1 Å². The zero-order chi connectivity index (χ0) is 9.07. The summed E-state index contributed by atoms with van der Waals surface area (Å²) < 4.78 is 5.08. The summed E-state index contributed by atoms with van der Waals surface area (Å²) in [5.74, 6) is 5.95. The van der Waals surface area contributed by atoms with Crippen LogP contribution in [-0.2, 0) is 4.74 Å². The first-order valence-electron chi connectivity index (χ1n) is 4.17. The van der Waals surface area contributed by atoms with Gasteiger partial charge in [-0.25, -0.2) is 0 Å². The van der Waals surface area contributed by atoms with Gasteiger partial charge in [-0.2, -0.15) is 0 Å². The highest BCUT2D eigenvalue weighted by molar-refractivity contribution is 4.99. The van der Waals surface area contributed by atoms with Gasteiger partial charge in [-0.05, 0) is 12.8 Å². The van der Waals surface area contributed by atoms with Crippen LogP contribution in [0.1, 0.15) is 19.3 Å². The molecule has 0 aromatic heterocycles. The molecule has 0 amide bonds. The molecule has 0 radical (unpaired) electrons. The SMILES string of the molecule is C=CCCCC#CCOCC=C. The van der Waals surface area contributed by atoms with E-state index in [1.807, 2.05) is 6.08 Å². The Morgan fingerprint density at radius 2 is 2.00 bits per heavy atom. The van der Waals surface area contributed by atoms with Gasteiger partial charge >= 0.3 is 0 Å². The lowest BCUT2D eigenvalue weighted by Crippen LogP contribution is -1.89. The van der Waals surface area contributed by atoms with Crippen molar-refractivity contribution in [2.45, 2.75) is 19.3 Å². The van der Waals surface area contributed by atoms with Crippen LogP contribution < -0.4 is 0 Å². The fraction of sp³-hybridized carbons (Fsp3) is 0.455. The van der Waals surface area contributed by atoms with E-state index in [4.69, 9.17) is 4.74 Å². The first-order chi connectivity index (χ1) is 5.91. The molecule has 66 valence electrons. The molecule has 1 nitrogen and oxygen atoms in total. The quantitative estimate of drug-likeness (QED) is 0.333. The second-order valence-corrected chi connectivity index (χ2v) is 2.34. The number of hydrogen-bond donors (Lipinski definition) is 0. The number of allylic oxidation sites excluding steroid dienone is 1. The van der Waals surface area contributed by atoms with Crippen LogP contribution in [0.5, 0.6) is 0 Å². The maximum absolute atomic E-state index is 5.08. The van der Waals surface area contributed by atoms with Crippen molar-refractivity contribution < 1.29 is 4.74 Å². The topological polar surface area (TPSA) is 9.23 Å². The fourth-order valence-electron chi connectivity index (χ4n) is 0.667. The molecule has 0 rings (SSSR count). The van der Waals surface area contributed by atoms with Gasteiger partial charge < -0.3 is 4.74 Å². The Balaban J connectivity index is 3.11. The van der Waals surface area contributed by atoms with Crippen LogP contribution in [0.15, 0.2) is 25.3 Å². The van der Waals surface area contributed by atoms with Gasteiger partial charge in [-0.3, -0.25) is 0 Å². The minimum atomic E-state index is 0.514. The zero-order valence-electron chi connectivity index (χ0n) is 7.51. The Bertz CT molecular complexity index is 153. The van der Waals surface area contributed by atoms with E-state index in [0.717, 1.165) is 19.3 Å². The Morgan fingerprint density at radius 1 is 1.17 bits per heavy atom. The normalized spacial score (nSPS) is 8.33. The monoisotopic (exact) mass is 164 g/mol. The van der Waals surface area contributed by atoms with Crippen LogP contribution in [-0.4, -0.2) is 13.2 Å². The van der Waals surface area contributed by atoms with E-state index in [-0.39, 0.29) is 0 Å². The molecule has 0 fully saturated rings. The lowest BCUT2D eigenvalue weighted by molar-refractivity contribution is 0.199. The molecule has 12 heavy (non-hydrogen) atoms.